The molecule has 0 atom stereocenters. The van der Waals surface area contributed by atoms with Gasteiger partial charge in [-0.25, -0.2) is 0 Å². The average molecular weight is 295 g/mol. The molecule has 0 fully saturated rings. The molecule has 0 bridgehead atoms. The molecule has 3 heterocycles. The number of nitrogens with zero attached hydrogens (tertiary/aromatic N) is 3. The highest BCUT2D eigenvalue weighted by Crippen LogP contribution is 2.23. The number of benzene rings is 1. The second-order valence-corrected chi connectivity index (χ2v) is 5.65. The van der Waals surface area contributed by atoms with Crippen LogP contribution < -0.4 is 10.5 Å². The van der Waals surface area contributed by atoms with Gasteiger partial charge in [0.25, 0.3) is 5.56 Å². The summed E-state index contributed by atoms with van der Waals surface area (Å²) in [6.07, 6.45) is 3.50. The highest BCUT2D eigenvalue weighted by atomic mass is 16.1. The minimum absolute atomic E-state index is 0.151. The topological polar surface area (TPSA) is 77.7 Å². The molecule has 0 saturated heterocycles. The molecule has 6 heteroatoms. The van der Waals surface area contributed by atoms with Gasteiger partial charge in [-0.1, -0.05) is 25.1 Å². The lowest BCUT2D eigenvalue weighted by Crippen LogP contribution is -2.33. The van der Waals surface area contributed by atoms with E-state index in [1.807, 2.05) is 0 Å². The van der Waals surface area contributed by atoms with E-state index in [9.17, 15) is 4.79 Å². The SMILES string of the molecule is CCc1ccc2c(c1)CN(c1nc3[nH]ncc3c(=O)[nH]1)CC2. The van der Waals surface area contributed by atoms with Gasteiger partial charge in [-0.3, -0.25) is 14.9 Å². The molecule has 0 amide bonds. The molecule has 2 aromatic heterocycles. The molecule has 1 aliphatic rings. The Balaban J connectivity index is 1.72. The summed E-state index contributed by atoms with van der Waals surface area (Å²) in [5.74, 6) is 0.606. The molecular weight excluding hydrogens is 278 g/mol. The molecule has 3 aromatic rings. The number of rotatable bonds is 2. The second-order valence-electron chi connectivity index (χ2n) is 5.65. The van der Waals surface area contributed by atoms with Crippen LogP contribution in [0, 0.1) is 0 Å². The molecule has 2 N–H and O–H groups in total. The fourth-order valence-corrected chi connectivity index (χ4v) is 2.99. The van der Waals surface area contributed by atoms with Gasteiger partial charge in [-0.05, 0) is 29.5 Å². The summed E-state index contributed by atoms with van der Waals surface area (Å²) in [6, 6.07) is 6.68. The van der Waals surface area contributed by atoms with Gasteiger partial charge >= 0.3 is 0 Å². The number of H-pyrrole nitrogens is 2. The van der Waals surface area contributed by atoms with Gasteiger partial charge in [0.05, 0.1) is 6.20 Å². The van der Waals surface area contributed by atoms with Crippen LogP contribution in [0.15, 0.2) is 29.2 Å². The van der Waals surface area contributed by atoms with Crippen molar-refractivity contribution in [3.05, 3.63) is 51.4 Å². The van der Waals surface area contributed by atoms with E-state index in [0.29, 0.717) is 17.0 Å². The van der Waals surface area contributed by atoms with Crippen LogP contribution >= 0.6 is 0 Å². The minimum atomic E-state index is -0.151. The Hall–Kier alpha value is -2.63. The highest BCUT2D eigenvalue weighted by molar-refractivity contribution is 5.73. The van der Waals surface area contributed by atoms with E-state index in [2.05, 4.69) is 50.2 Å². The van der Waals surface area contributed by atoms with Crippen LogP contribution in [0.25, 0.3) is 11.0 Å². The first-order valence-electron chi connectivity index (χ1n) is 7.53. The summed E-state index contributed by atoms with van der Waals surface area (Å²) in [5.41, 5.74) is 4.43. The summed E-state index contributed by atoms with van der Waals surface area (Å²) in [5, 5.41) is 7.15. The van der Waals surface area contributed by atoms with E-state index in [1.54, 1.807) is 0 Å². The molecule has 0 spiro atoms. The number of nitrogens with one attached hydrogen (secondary N) is 2. The summed E-state index contributed by atoms with van der Waals surface area (Å²) in [7, 11) is 0. The van der Waals surface area contributed by atoms with Crippen LogP contribution in [-0.2, 0) is 19.4 Å². The zero-order valence-electron chi connectivity index (χ0n) is 12.4. The van der Waals surface area contributed by atoms with Crippen LogP contribution in [0.1, 0.15) is 23.6 Å². The Bertz CT molecular complexity index is 895. The number of anilines is 1. The quantitative estimate of drug-likeness (QED) is 0.755. The summed E-state index contributed by atoms with van der Waals surface area (Å²) in [4.78, 5) is 21.5. The number of aryl methyl sites for hydroxylation is 1. The lowest BCUT2D eigenvalue weighted by Gasteiger charge is -2.29. The van der Waals surface area contributed by atoms with Crippen molar-refractivity contribution in [3.63, 3.8) is 0 Å². The number of hydrogen-bond acceptors (Lipinski definition) is 4. The summed E-state index contributed by atoms with van der Waals surface area (Å²) >= 11 is 0. The Morgan fingerprint density at radius 1 is 1.32 bits per heavy atom. The van der Waals surface area contributed by atoms with Crippen LogP contribution in [0.4, 0.5) is 5.95 Å². The largest absolute Gasteiger partial charge is 0.338 e. The summed E-state index contributed by atoms with van der Waals surface area (Å²) in [6.45, 7) is 3.78. The first-order chi connectivity index (χ1) is 10.7. The highest BCUT2D eigenvalue weighted by Gasteiger charge is 2.19. The molecule has 112 valence electrons. The molecule has 22 heavy (non-hydrogen) atoms. The molecule has 0 unspecified atom stereocenters. The number of hydrogen-bond donors (Lipinski definition) is 2. The third-order valence-electron chi connectivity index (χ3n) is 4.30. The van der Waals surface area contributed by atoms with Crippen molar-refractivity contribution in [2.75, 3.05) is 11.4 Å². The first-order valence-corrected chi connectivity index (χ1v) is 7.53. The predicted molar refractivity (Wildman–Crippen MR) is 85.1 cm³/mol. The van der Waals surface area contributed by atoms with Crippen molar-refractivity contribution >= 4 is 17.0 Å². The van der Waals surface area contributed by atoms with Gasteiger partial charge in [0.2, 0.25) is 5.95 Å². The van der Waals surface area contributed by atoms with Crippen molar-refractivity contribution in [2.24, 2.45) is 0 Å². The molecule has 0 radical (unpaired) electrons. The van der Waals surface area contributed by atoms with E-state index in [-0.39, 0.29) is 5.56 Å². The zero-order valence-corrected chi connectivity index (χ0v) is 12.4. The Morgan fingerprint density at radius 2 is 2.23 bits per heavy atom. The lowest BCUT2D eigenvalue weighted by molar-refractivity contribution is 0.706. The average Bonchev–Trinajstić information content (AvgIpc) is 3.03. The van der Waals surface area contributed by atoms with E-state index in [4.69, 9.17) is 0 Å². The fraction of sp³-hybridized carbons (Fsp3) is 0.312. The predicted octanol–water partition coefficient (Wildman–Crippen LogP) is 1.77. The van der Waals surface area contributed by atoms with Crippen LogP contribution in [0.5, 0.6) is 0 Å². The smallest absolute Gasteiger partial charge is 0.263 e. The Morgan fingerprint density at radius 3 is 3.09 bits per heavy atom. The van der Waals surface area contributed by atoms with Crippen LogP contribution in [-0.4, -0.2) is 26.7 Å². The molecule has 4 rings (SSSR count). The third kappa shape index (κ3) is 2.07. The van der Waals surface area contributed by atoms with E-state index in [0.717, 1.165) is 25.9 Å². The van der Waals surface area contributed by atoms with Crippen LogP contribution in [0.2, 0.25) is 0 Å². The number of aromatic nitrogens is 4. The van der Waals surface area contributed by atoms with Gasteiger partial charge in [0, 0.05) is 13.1 Å². The van der Waals surface area contributed by atoms with Gasteiger partial charge in [-0.2, -0.15) is 10.1 Å². The van der Waals surface area contributed by atoms with Gasteiger partial charge < -0.3 is 4.90 Å². The number of aromatic amines is 2. The van der Waals surface area contributed by atoms with Crippen molar-refractivity contribution in [2.45, 2.75) is 26.3 Å². The molecule has 0 saturated carbocycles. The molecule has 1 aliphatic heterocycles. The molecule has 0 aliphatic carbocycles. The molecule has 6 nitrogen and oxygen atoms in total. The Kier molecular flexibility index (Phi) is 2.96. The van der Waals surface area contributed by atoms with Crippen LogP contribution in [0.3, 0.4) is 0 Å². The van der Waals surface area contributed by atoms with Crippen molar-refractivity contribution in [3.8, 4) is 0 Å². The maximum absolute atomic E-state index is 12.1. The minimum Gasteiger partial charge on any atom is -0.338 e. The lowest BCUT2D eigenvalue weighted by atomic mass is 9.97. The van der Waals surface area contributed by atoms with Crippen molar-refractivity contribution < 1.29 is 0 Å². The van der Waals surface area contributed by atoms with Gasteiger partial charge in [0.15, 0.2) is 5.65 Å². The second kappa shape index (κ2) is 4.98. The van der Waals surface area contributed by atoms with Gasteiger partial charge in [-0.15, -0.1) is 0 Å². The maximum atomic E-state index is 12.1. The summed E-state index contributed by atoms with van der Waals surface area (Å²) < 4.78 is 0. The van der Waals surface area contributed by atoms with E-state index in [1.165, 1.54) is 22.9 Å². The normalized spacial score (nSPS) is 14.3. The molecular formula is C16H17N5O. The standard InChI is InChI=1S/C16H17N5O/c1-2-10-3-4-11-5-6-21(9-12(11)7-10)16-18-14-13(8-17-20-14)15(22)19-16/h3-4,7-8H,2,5-6,9H2,1H3,(H2,17,18,19,20,22). The fourth-order valence-electron chi connectivity index (χ4n) is 2.99. The van der Waals surface area contributed by atoms with Gasteiger partial charge in [0.1, 0.15) is 5.39 Å². The zero-order chi connectivity index (χ0) is 15.1. The van der Waals surface area contributed by atoms with Crippen molar-refractivity contribution in [1.82, 2.24) is 20.2 Å². The van der Waals surface area contributed by atoms with E-state index >= 15 is 0 Å². The Labute approximate surface area is 127 Å². The maximum Gasteiger partial charge on any atom is 0.263 e. The van der Waals surface area contributed by atoms with E-state index < -0.39 is 0 Å². The third-order valence-corrected chi connectivity index (χ3v) is 4.30. The molecule has 1 aromatic carbocycles. The monoisotopic (exact) mass is 295 g/mol. The van der Waals surface area contributed by atoms with Crippen molar-refractivity contribution in [1.29, 1.82) is 0 Å². The first kappa shape index (κ1) is 13.1. The number of fused-ring (bicyclic) bond motifs is 2.